The summed E-state index contributed by atoms with van der Waals surface area (Å²) < 4.78 is 11.7. The Bertz CT molecular complexity index is 994. The lowest BCUT2D eigenvalue weighted by Gasteiger charge is -2.12. The molecular formula is C20H18N4O2. The maximum Gasteiger partial charge on any atom is 0.132 e. The zero-order chi connectivity index (χ0) is 17.9. The van der Waals surface area contributed by atoms with Crippen LogP contribution in [0.4, 0.5) is 11.6 Å². The van der Waals surface area contributed by atoms with Gasteiger partial charge >= 0.3 is 0 Å². The highest BCUT2D eigenvalue weighted by molar-refractivity contribution is 5.87. The van der Waals surface area contributed by atoms with Gasteiger partial charge in [0.15, 0.2) is 0 Å². The first-order valence-electron chi connectivity index (χ1n) is 8.27. The topological polar surface area (TPSA) is 96.3 Å². The summed E-state index contributed by atoms with van der Waals surface area (Å²) in [5.74, 6) is 2.23. The lowest BCUT2D eigenvalue weighted by molar-refractivity contribution is 0.220. The van der Waals surface area contributed by atoms with Crippen LogP contribution in [0, 0.1) is 0 Å². The molecule has 6 nitrogen and oxygen atoms in total. The highest BCUT2D eigenvalue weighted by atomic mass is 16.5. The van der Waals surface area contributed by atoms with Gasteiger partial charge < -0.3 is 20.9 Å². The predicted molar refractivity (Wildman–Crippen MR) is 103 cm³/mol. The number of rotatable bonds is 5. The number of aromatic nitrogens is 2. The molecule has 26 heavy (non-hydrogen) atoms. The molecule has 0 radical (unpaired) electrons. The van der Waals surface area contributed by atoms with E-state index in [0.29, 0.717) is 36.3 Å². The zero-order valence-corrected chi connectivity index (χ0v) is 14.1. The molecule has 2 aromatic carbocycles. The second kappa shape index (κ2) is 6.76. The second-order valence-corrected chi connectivity index (χ2v) is 5.82. The number of nitrogen functional groups attached to an aromatic ring is 2. The Morgan fingerprint density at radius 1 is 0.654 bits per heavy atom. The van der Waals surface area contributed by atoms with Crippen LogP contribution in [0.3, 0.4) is 0 Å². The van der Waals surface area contributed by atoms with Gasteiger partial charge in [-0.25, -0.2) is 9.97 Å². The summed E-state index contributed by atoms with van der Waals surface area (Å²) in [5, 5.41) is 1.83. The molecule has 4 rings (SSSR count). The van der Waals surface area contributed by atoms with E-state index in [4.69, 9.17) is 20.9 Å². The van der Waals surface area contributed by atoms with Crippen molar-refractivity contribution in [3.05, 3.63) is 60.7 Å². The van der Waals surface area contributed by atoms with Gasteiger partial charge in [-0.05, 0) is 24.3 Å². The summed E-state index contributed by atoms with van der Waals surface area (Å²) in [6, 6.07) is 18.9. The van der Waals surface area contributed by atoms with Gasteiger partial charge in [0, 0.05) is 22.9 Å². The molecule has 0 fully saturated rings. The number of hydrogen-bond donors (Lipinski definition) is 2. The van der Waals surface area contributed by atoms with Crippen molar-refractivity contribution >= 4 is 33.4 Å². The predicted octanol–water partition coefficient (Wildman–Crippen LogP) is 3.41. The van der Waals surface area contributed by atoms with Gasteiger partial charge in [0.25, 0.3) is 0 Å². The van der Waals surface area contributed by atoms with E-state index in [1.54, 1.807) is 12.1 Å². The van der Waals surface area contributed by atoms with E-state index >= 15 is 0 Å². The van der Waals surface area contributed by atoms with Crippen molar-refractivity contribution in [2.45, 2.75) is 0 Å². The van der Waals surface area contributed by atoms with Gasteiger partial charge in [0.05, 0.1) is 11.0 Å². The summed E-state index contributed by atoms with van der Waals surface area (Å²) in [6.45, 7) is 0.730. The van der Waals surface area contributed by atoms with Gasteiger partial charge in [0.1, 0.15) is 36.3 Å². The van der Waals surface area contributed by atoms with Crippen LogP contribution in [0.15, 0.2) is 60.7 Å². The number of para-hydroxylation sites is 2. The van der Waals surface area contributed by atoms with Crippen LogP contribution in [0.5, 0.6) is 11.5 Å². The van der Waals surface area contributed by atoms with Gasteiger partial charge in [-0.2, -0.15) is 0 Å². The summed E-state index contributed by atoms with van der Waals surface area (Å²) in [6.07, 6.45) is 0. The first-order chi connectivity index (χ1) is 12.7. The van der Waals surface area contributed by atoms with E-state index in [1.165, 1.54) is 0 Å². The van der Waals surface area contributed by atoms with Crippen molar-refractivity contribution in [3.8, 4) is 11.5 Å². The minimum absolute atomic E-state index is 0.365. The van der Waals surface area contributed by atoms with Crippen LogP contribution in [0.25, 0.3) is 21.8 Å². The van der Waals surface area contributed by atoms with E-state index in [-0.39, 0.29) is 0 Å². The zero-order valence-electron chi connectivity index (χ0n) is 14.1. The van der Waals surface area contributed by atoms with E-state index in [9.17, 15) is 0 Å². The maximum atomic E-state index is 5.87. The number of benzene rings is 2. The highest BCUT2D eigenvalue weighted by Gasteiger charge is 2.07. The fourth-order valence-corrected chi connectivity index (χ4v) is 2.87. The molecule has 6 heteroatoms. The van der Waals surface area contributed by atoms with Crippen molar-refractivity contribution in [1.29, 1.82) is 0 Å². The molecule has 2 heterocycles. The third-order valence-electron chi connectivity index (χ3n) is 3.99. The van der Waals surface area contributed by atoms with E-state index in [0.717, 1.165) is 21.8 Å². The molecule has 4 N–H and O–H groups in total. The van der Waals surface area contributed by atoms with Crippen molar-refractivity contribution in [2.75, 3.05) is 24.7 Å². The molecule has 0 amide bonds. The molecule has 130 valence electrons. The molecule has 0 bridgehead atoms. The van der Waals surface area contributed by atoms with E-state index < -0.39 is 0 Å². The Morgan fingerprint density at radius 2 is 1.08 bits per heavy atom. The molecule has 2 aromatic heterocycles. The quantitative estimate of drug-likeness (QED) is 0.538. The van der Waals surface area contributed by atoms with Crippen molar-refractivity contribution in [1.82, 2.24) is 9.97 Å². The molecule has 0 aliphatic heterocycles. The molecule has 0 spiro atoms. The maximum absolute atomic E-state index is 5.87. The third kappa shape index (κ3) is 3.17. The Hall–Kier alpha value is -3.54. The molecule has 0 atom stereocenters. The van der Waals surface area contributed by atoms with Crippen LogP contribution >= 0.6 is 0 Å². The van der Waals surface area contributed by atoms with Gasteiger partial charge in [-0.15, -0.1) is 0 Å². The molecular weight excluding hydrogens is 328 g/mol. The van der Waals surface area contributed by atoms with Crippen LogP contribution in [0.2, 0.25) is 0 Å². The van der Waals surface area contributed by atoms with Crippen LogP contribution in [-0.4, -0.2) is 23.2 Å². The smallest absolute Gasteiger partial charge is 0.132 e. The van der Waals surface area contributed by atoms with Crippen molar-refractivity contribution in [3.63, 3.8) is 0 Å². The Balaban J connectivity index is 1.48. The number of ether oxygens (including phenoxy) is 2. The Labute approximate surface area is 150 Å². The third-order valence-corrected chi connectivity index (χ3v) is 3.99. The summed E-state index contributed by atoms with van der Waals surface area (Å²) in [7, 11) is 0. The summed E-state index contributed by atoms with van der Waals surface area (Å²) in [4.78, 5) is 8.60. The highest BCUT2D eigenvalue weighted by Crippen LogP contribution is 2.28. The fraction of sp³-hybridized carbons (Fsp3) is 0.100. The molecule has 0 saturated carbocycles. The number of anilines is 2. The number of nitrogens with two attached hydrogens (primary N) is 2. The van der Waals surface area contributed by atoms with E-state index in [2.05, 4.69) is 9.97 Å². The number of pyridine rings is 2. The van der Waals surface area contributed by atoms with Gasteiger partial charge in [-0.1, -0.05) is 24.3 Å². The molecule has 0 saturated heterocycles. The number of fused-ring (bicyclic) bond motifs is 2. The number of nitrogens with zero attached hydrogens (tertiary/aromatic N) is 2. The minimum Gasteiger partial charge on any atom is -0.489 e. The lowest BCUT2D eigenvalue weighted by Crippen LogP contribution is -2.10. The van der Waals surface area contributed by atoms with Crippen molar-refractivity contribution in [2.24, 2.45) is 0 Å². The average molecular weight is 346 g/mol. The number of hydrogen-bond acceptors (Lipinski definition) is 6. The van der Waals surface area contributed by atoms with Gasteiger partial charge in [0.2, 0.25) is 0 Å². The molecule has 0 aliphatic rings. The fourth-order valence-electron chi connectivity index (χ4n) is 2.87. The lowest BCUT2D eigenvalue weighted by atomic mass is 10.2. The second-order valence-electron chi connectivity index (χ2n) is 5.82. The average Bonchev–Trinajstić information content (AvgIpc) is 2.64. The Kier molecular flexibility index (Phi) is 4.15. The summed E-state index contributed by atoms with van der Waals surface area (Å²) >= 11 is 0. The molecule has 0 unspecified atom stereocenters. The minimum atomic E-state index is 0.365. The standard InChI is InChI=1S/C20H18N4O2/c21-19-11-17(13-5-1-3-7-15(13)23-19)25-9-10-26-18-12-20(22)24-16-8-4-2-6-14(16)18/h1-8,11-12H,9-10H2,(H2,21,23)(H2,22,24). The van der Waals surface area contributed by atoms with Gasteiger partial charge in [-0.3, -0.25) is 0 Å². The summed E-state index contributed by atoms with van der Waals surface area (Å²) in [5.41, 5.74) is 13.3. The first kappa shape index (κ1) is 16.0. The molecule has 0 aliphatic carbocycles. The van der Waals surface area contributed by atoms with Crippen LogP contribution in [0.1, 0.15) is 0 Å². The van der Waals surface area contributed by atoms with Crippen molar-refractivity contribution < 1.29 is 9.47 Å². The first-order valence-corrected chi connectivity index (χ1v) is 8.27. The monoisotopic (exact) mass is 346 g/mol. The van der Waals surface area contributed by atoms with Crippen LogP contribution in [-0.2, 0) is 0 Å². The largest absolute Gasteiger partial charge is 0.489 e. The van der Waals surface area contributed by atoms with Crippen LogP contribution < -0.4 is 20.9 Å². The normalized spacial score (nSPS) is 10.9. The van der Waals surface area contributed by atoms with E-state index in [1.807, 2.05) is 48.5 Å². The SMILES string of the molecule is Nc1cc(OCCOc2cc(N)nc3ccccc23)c2ccccc2n1. The molecule has 4 aromatic rings. The Morgan fingerprint density at radius 3 is 1.54 bits per heavy atom.